The Kier molecular flexibility index (Phi) is 5.93. The zero-order chi connectivity index (χ0) is 12.7. The van der Waals surface area contributed by atoms with Crippen molar-refractivity contribution in [1.29, 1.82) is 0 Å². The lowest BCUT2D eigenvalue weighted by Crippen LogP contribution is -2.47. The number of nitrogens with zero attached hydrogens (tertiary/aromatic N) is 1. The van der Waals surface area contributed by atoms with E-state index in [-0.39, 0.29) is 12.6 Å². The fourth-order valence-electron chi connectivity index (χ4n) is 1.70. The van der Waals surface area contributed by atoms with Gasteiger partial charge in [-0.15, -0.1) is 0 Å². The lowest BCUT2D eigenvalue weighted by molar-refractivity contribution is -0.154. The highest BCUT2D eigenvalue weighted by Gasteiger charge is 2.19. The van der Waals surface area contributed by atoms with Crippen LogP contribution in [0.25, 0.3) is 0 Å². The molecule has 1 atom stereocenters. The predicted molar refractivity (Wildman–Crippen MR) is 61.5 cm³/mol. The van der Waals surface area contributed by atoms with E-state index in [1.165, 1.54) is 0 Å². The molecule has 1 fully saturated rings. The molecule has 0 aromatic heterocycles. The molecule has 0 spiro atoms. The Morgan fingerprint density at radius 2 is 2.06 bits per heavy atom. The van der Waals surface area contributed by atoms with Gasteiger partial charge in [0, 0.05) is 25.7 Å². The average molecular weight is 244 g/mol. The van der Waals surface area contributed by atoms with E-state index in [2.05, 4.69) is 15.0 Å². The molecule has 6 nitrogen and oxygen atoms in total. The molecule has 0 aliphatic carbocycles. The van der Waals surface area contributed by atoms with Crippen LogP contribution in [0.3, 0.4) is 0 Å². The van der Waals surface area contributed by atoms with Crippen LogP contribution in [0, 0.1) is 0 Å². The van der Waals surface area contributed by atoms with Gasteiger partial charge in [-0.1, -0.05) is 0 Å². The highest BCUT2D eigenvalue weighted by molar-refractivity contribution is 6.32. The average Bonchev–Trinajstić information content (AvgIpc) is 2.30. The Morgan fingerprint density at radius 3 is 2.65 bits per heavy atom. The van der Waals surface area contributed by atoms with Crippen LogP contribution in [0.2, 0.25) is 0 Å². The molecule has 1 unspecified atom stereocenters. The molecular weight excluding hydrogens is 224 g/mol. The summed E-state index contributed by atoms with van der Waals surface area (Å²) >= 11 is 0. The molecule has 1 heterocycles. The van der Waals surface area contributed by atoms with Crippen molar-refractivity contribution in [3.8, 4) is 0 Å². The number of hydrogen-bond acceptors (Lipinski definition) is 5. The Hall–Kier alpha value is -1.14. The van der Waals surface area contributed by atoms with E-state index >= 15 is 0 Å². The molecule has 1 amide bonds. The minimum Gasteiger partial charge on any atom is -0.459 e. The molecular formula is C11H20N2O4. The van der Waals surface area contributed by atoms with E-state index in [1.807, 2.05) is 6.92 Å². The van der Waals surface area contributed by atoms with E-state index in [0.29, 0.717) is 6.54 Å². The van der Waals surface area contributed by atoms with Gasteiger partial charge in [-0.25, -0.2) is 4.79 Å². The lowest BCUT2D eigenvalue weighted by Gasteiger charge is -2.29. The van der Waals surface area contributed by atoms with Gasteiger partial charge >= 0.3 is 11.9 Å². The highest BCUT2D eigenvalue weighted by atomic mass is 16.5. The number of hydrogen-bond donors (Lipinski definition) is 1. The van der Waals surface area contributed by atoms with Gasteiger partial charge in [0.1, 0.15) is 0 Å². The maximum Gasteiger partial charge on any atom is 0.396 e. The van der Waals surface area contributed by atoms with Gasteiger partial charge in [-0.2, -0.15) is 0 Å². The molecule has 0 radical (unpaired) electrons. The van der Waals surface area contributed by atoms with Gasteiger partial charge in [0.05, 0.1) is 19.8 Å². The van der Waals surface area contributed by atoms with Crippen LogP contribution in [0.15, 0.2) is 0 Å². The summed E-state index contributed by atoms with van der Waals surface area (Å²) in [4.78, 5) is 24.7. The number of morpholine rings is 1. The standard InChI is InChI=1S/C11H20N2O4/c1-3-17-11(15)10(14)12-9(2)8-13-4-6-16-7-5-13/h9H,3-8H2,1-2H3,(H,12,14). The number of amides is 1. The van der Waals surface area contributed by atoms with Crippen molar-refractivity contribution in [2.24, 2.45) is 0 Å². The highest BCUT2D eigenvalue weighted by Crippen LogP contribution is 1.98. The van der Waals surface area contributed by atoms with Crippen molar-refractivity contribution in [2.75, 3.05) is 39.5 Å². The van der Waals surface area contributed by atoms with E-state index in [9.17, 15) is 9.59 Å². The van der Waals surface area contributed by atoms with Gasteiger partial charge in [-0.05, 0) is 13.8 Å². The van der Waals surface area contributed by atoms with Gasteiger partial charge in [0.2, 0.25) is 0 Å². The van der Waals surface area contributed by atoms with Crippen LogP contribution in [0.5, 0.6) is 0 Å². The summed E-state index contributed by atoms with van der Waals surface area (Å²) in [7, 11) is 0. The van der Waals surface area contributed by atoms with Crippen LogP contribution in [0.4, 0.5) is 0 Å². The first-order valence-corrected chi connectivity index (χ1v) is 5.91. The zero-order valence-corrected chi connectivity index (χ0v) is 10.4. The first-order chi connectivity index (χ1) is 8.13. The molecule has 1 aliphatic rings. The molecule has 0 aromatic carbocycles. The van der Waals surface area contributed by atoms with E-state index in [0.717, 1.165) is 26.3 Å². The minimum absolute atomic E-state index is 0.0787. The second-order valence-electron chi connectivity index (χ2n) is 4.01. The SMILES string of the molecule is CCOC(=O)C(=O)NC(C)CN1CCOCC1. The van der Waals surface area contributed by atoms with E-state index < -0.39 is 11.9 Å². The summed E-state index contributed by atoms with van der Waals surface area (Å²) in [5.41, 5.74) is 0. The van der Waals surface area contributed by atoms with Gasteiger partial charge < -0.3 is 14.8 Å². The molecule has 0 saturated carbocycles. The van der Waals surface area contributed by atoms with Crippen molar-refractivity contribution in [1.82, 2.24) is 10.2 Å². The van der Waals surface area contributed by atoms with Crippen molar-refractivity contribution in [3.63, 3.8) is 0 Å². The van der Waals surface area contributed by atoms with Crippen LogP contribution < -0.4 is 5.32 Å². The van der Waals surface area contributed by atoms with Crippen molar-refractivity contribution < 1.29 is 19.1 Å². The number of carbonyl (C=O) groups excluding carboxylic acids is 2. The Morgan fingerprint density at radius 1 is 1.41 bits per heavy atom. The van der Waals surface area contributed by atoms with Crippen molar-refractivity contribution in [3.05, 3.63) is 0 Å². The number of esters is 1. The number of ether oxygens (including phenoxy) is 2. The molecule has 1 saturated heterocycles. The second-order valence-corrected chi connectivity index (χ2v) is 4.01. The van der Waals surface area contributed by atoms with Crippen LogP contribution in [-0.2, 0) is 19.1 Å². The molecule has 6 heteroatoms. The fraction of sp³-hybridized carbons (Fsp3) is 0.818. The fourth-order valence-corrected chi connectivity index (χ4v) is 1.70. The summed E-state index contributed by atoms with van der Waals surface area (Å²) in [5, 5.41) is 2.62. The molecule has 0 aromatic rings. The summed E-state index contributed by atoms with van der Waals surface area (Å²) in [5.74, 6) is -1.49. The first-order valence-electron chi connectivity index (χ1n) is 5.91. The summed E-state index contributed by atoms with van der Waals surface area (Å²) < 4.78 is 9.84. The van der Waals surface area contributed by atoms with Crippen molar-refractivity contribution >= 4 is 11.9 Å². The lowest BCUT2D eigenvalue weighted by atomic mass is 10.3. The third-order valence-electron chi connectivity index (χ3n) is 2.47. The van der Waals surface area contributed by atoms with Crippen LogP contribution >= 0.6 is 0 Å². The smallest absolute Gasteiger partial charge is 0.396 e. The Balaban J connectivity index is 2.25. The zero-order valence-electron chi connectivity index (χ0n) is 10.4. The van der Waals surface area contributed by atoms with Crippen LogP contribution in [-0.4, -0.2) is 62.3 Å². The molecule has 1 aliphatic heterocycles. The number of rotatable bonds is 4. The topological polar surface area (TPSA) is 67.9 Å². The minimum atomic E-state index is -0.818. The molecule has 1 N–H and O–H groups in total. The quantitative estimate of drug-likeness (QED) is 0.527. The van der Waals surface area contributed by atoms with E-state index in [1.54, 1.807) is 6.92 Å². The monoisotopic (exact) mass is 244 g/mol. The van der Waals surface area contributed by atoms with Gasteiger partial charge in [0.15, 0.2) is 0 Å². The van der Waals surface area contributed by atoms with E-state index in [4.69, 9.17) is 4.74 Å². The maximum absolute atomic E-state index is 11.4. The normalized spacial score (nSPS) is 18.5. The predicted octanol–water partition coefficient (Wildman–Crippen LogP) is -0.614. The third kappa shape index (κ3) is 5.14. The molecule has 17 heavy (non-hydrogen) atoms. The van der Waals surface area contributed by atoms with Crippen molar-refractivity contribution in [2.45, 2.75) is 19.9 Å². The Labute approximate surface area is 101 Å². The summed E-state index contributed by atoms with van der Waals surface area (Å²) in [6.45, 7) is 7.63. The second kappa shape index (κ2) is 7.24. The molecule has 0 bridgehead atoms. The van der Waals surface area contributed by atoms with Crippen LogP contribution in [0.1, 0.15) is 13.8 Å². The molecule has 98 valence electrons. The summed E-state index contributed by atoms with van der Waals surface area (Å²) in [6.07, 6.45) is 0. The number of carbonyl (C=O) groups is 2. The summed E-state index contributed by atoms with van der Waals surface area (Å²) in [6, 6.07) is -0.0787. The number of nitrogens with one attached hydrogen (secondary N) is 1. The maximum atomic E-state index is 11.4. The largest absolute Gasteiger partial charge is 0.459 e. The van der Waals surface area contributed by atoms with Gasteiger partial charge in [-0.3, -0.25) is 9.69 Å². The third-order valence-corrected chi connectivity index (χ3v) is 2.47. The first kappa shape index (κ1) is 13.9. The Bertz CT molecular complexity index is 264. The molecule has 1 rings (SSSR count). The van der Waals surface area contributed by atoms with Gasteiger partial charge in [0.25, 0.3) is 0 Å².